The lowest BCUT2D eigenvalue weighted by Gasteiger charge is -2.32. The van der Waals surface area contributed by atoms with Gasteiger partial charge in [-0.2, -0.15) is 4.31 Å². The SMILES string of the molecule is O=S1(=O)[C@H]2C[C@@H]3CNC[C@@]2(CN1CCc1ccccc1)O3. The molecule has 0 aliphatic carbocycles. The molecule has 0 amide bonds. The second-order valence-corrected chi connectivity index (χ2v) is 8.39. The van der Waals surface area contributed by atoms with Crippen molar-refractivity contribution in [3.8, 4) is 0 Å². The molecule has 0 radical (unpaired) electrons. The maximum atomic E-state index is 12.8. The van der Waals surface area contributed by atoms with Gasteiger partial charge in [-0.25, -0.2) is 8.42 Å². The average molecular weight is 308 g/mol. The molecule has 3 aliphatic heterocycles. The van der Waals surface area contributed by atoms with Crippen molar-refractivity contribution in [1.29, 1.82) is 0 Å². The van der Waals surface area contributed by atoms with Gasteiger partial charge < -0.3 is 10.1 Å². The van der Waals surface area contributed by atoms with Crippen molar-refractivity contribution in [2.45, 2.75) is 29.8 Å². The van der Waals surface area contributed by atoms with E-state index in [1.54, 1.807) is 4.31 Å². The number of hydrogen-bond acceptors (Lipinski definition) is 4. The topological polar surface area (TPSA) is 58.6 Å². The molecular weight excluding hydrogens is 288 g/mol. The summed E-state index contributed by atoms with van der Waals surface area (Å²) < 4.78 is 33.2. The van der Waals surface area contributed by atoms with E-state index >= 15 is 0 Å². The Morgan fingerprint density at radius 2 is 2.14 bits per heavy atom. The van der Waals surface area contributed by atoms with Crippen LogP contribution < -0.4 is 5.32 Å². The van der Waals surface area contributed by atoms with Crippen molar-refractivity contribution in [1.82, 2.24) is 9.62 Å². The van der Waals surface area contributed by atoms with Crippen LogP contribution in [0.5, 0.6) is 0 Å². The molecule has 0 saturated carbocycles. The van der Waals surface area contributed by atoms with Crippen molar-refractivity contribution in [3.05, 3.63) is 35.9 Å². The van der Waals surface area contributed by atoms with E-state index in [9.17, 15) is 8.42 Å². The van der Waals surface area contributed by atoms with Gasteiger partial charge >= 0.3 is 0 Å². The first-order valence-electron chi connectivity index (χ1n) is 7.52. The van der Waals surface area contributed by atoms with Crippen molar-refractivity contribution in [3.63, 3.8) is 0 Å². The molecule has 1 aromatic rings. The molecule has 3 heterocycles. The Morgan fingerprint density at radius 1 is 1.33 bits per heavy atom. The van der Waals surface area contributed by atoms with Crippen LogP contribution in [0.4, 0.5) is 0 Å². The van der Waals surface area contributed by atoms with Crippen LogP contribution in [-0.2, 0) is 21.2 Å². The molecule has 21 heavy (non-hydrogen) atoms. The molecule has 3 aliphatic rings. The second-order valence-electron chi connectivity index (χ2n) is 6.27. The van der Waals surface area contributed by atoms with Crippen molar-refractivity contribution < 1.29 is 13.2 Å². The van der Waals surface area contributed by atoms with E-state index in [0.29, 0.717) is 26.1 Å². The Bertz CT molecular complexity index is 634. The zero-order valence-corrected chi connectivity index (χ0v) is 12.7. The molecule has 2 bridgehead atoms. The maximum absolute atomic E-state index is 12.8. The summed E-state index contributed by atoms with van der Waals surface area (Å²) in [5.74, 6) is 0. The zero-order chi connectivity index (χ0) is 14.5. The fourth-order valence-electron chi connectivity index (χ4n) is 3.90. The van der Waals surface area contributed by atoms with Crippen LogP contribution >= 0.6 is 0 Å². The van der Waals surface area contributed by atoms with Gasteiger partial charge in [-0.15, -0.1) is 0 Å². The third-order valence-corrected chi connectivity index (χ3v) is 7.29. The van der Waals surface area contributed by atoms with Gasteiger partial charge in [0, 0.05) is 26.2 Å². The average Bonchev–Trinajstić information content (AvgIpc) is 2.85. The quantitative estimate of drug-likeness (QED) is 0.877. The highest BCUT2D eigenvalue weighted by Gasteiger charge is 2.63. The number of ether oxygens (including phenoxy) is 1. The van der Waals surface area contributed by atoms with E-state index in [4.69, 9.17) is 4.74 Å². The number of morpholine rings is 1. The Kier molecular flexibility index (Phi) is 3.11. The zero-order valence-electron chi connectivity index (χ0n) is 11.9. The Balaban J connectivity index is 1.53. The van der Waals surface area contributed by atoms with Crippen molar-refractivity contribution in [2.75, 3.05) is 26.2 Å². The number of nitrogens with zero attached hydrogens (tertiary/aromatic N) is 1. The predicted molar refractivity (Wildman–Crippen MR) is 79.5 cm³/mol. The molecule has 3 saturated heterocycles. The smallest absolute Gasteiger partial charge is 0.220 e. The highest BCUT2D eigenvalue weighted by Crippen LogP contribution is 2.44. The Morgan fingerprint density at radius 3 is 2.95 bits per heavy atom. The molecule has 0 unspecified atom stereocenters. The third-order valence-electron chi connectivity index (χ3n) is 4.92. The minimum Gasteiger partial charge on any atom is -0.366 e. The lowest BCUT2D eigenvalue weighted by atomic mass is 10.00. The number of nitrogens with one attached hydrogen (secondary N) is 1. The molecule has 1 N–H and O–H groups in total. The van der Waals surface area contributed by atoms with Crippen LogP contribution in [0, 0.1) is 0 Å². The first-order valence-corrected chi connectivity index (χ1v) is 9.02. The van der Waals surface area contributed by atoms with Gasteiger partial charge in [0.1, 0.15) is 10.9 Å². The van der Waals surface area contributed by atoms with E-state index in [-0.39, 0.29) is 11.4 Å². The van der Waals surface area contributed by atoms with E-state index in [1.807, 2.05) is 30.3 Å². The van der Waals surface area contributed by atoms with Crippen LogP contribution in [0.25, 0.3) is 0 Å². The van der Waals surface area contributed by atoms with Crippen molar-refractivity contribution >= 4 is 10.0 Å². The summed E-state index contributed by atoms with van der Waals surface area (Å²) in [4.78, 5) is 0. The van der Waals surface area contributed by atoms with Crippen LogP contribution in [0.1, 0.15) is 12.0 Å². The van der Waals surface area contributed by atoms with Gasteiger partial charge in [-0.05, 0) is 18.4 Å². The molecule has 6 heteroatoms. The standard InChI is InChI=1S/C15H20N2O3S/c18-21(19)14-8-13-9-16-10-15(14,20-13)11-17(21)7-6-12-4-2-1-3-5-12/h1-5,13-14,16H,6-11H2/t13-,14+,15+/m1/s1. The van der Waals surface area contributed by atoms with Gasteiger partial charge in [0.05, 0.1) is 6.10 Å². The molecular formula is C15H20N2O3S. The number of hydrogen-bond donors (Lipinski definition) is 1. The second kappa shape index (κ2) is 4.78. The Hall–Kier alpha value is -0.950. The van der Waals surface area contributed by atoms with Crippen LogP contribution in [0.15, 0.2) is 30.3 Å². The molecule has 0 aromatic heterocycles. The minimum absolute atomic E-state index is 0.0646. The number of fused-ring (bicyclic) bond motifs is 1. The first-order chi connectivity index (χ1) is 10.1. The van der Waals surface area contributed by atoms with E-state index in [1.165, 1.54) is 5.56 Å². The summed E-state index contributed by atoms with van der Waals surface area (Å²) >= 11 is 0. The molecule has 4 rings (SSSR count). The summed E-state index contributed by atoms with van der Waals surface area (Å²) in [6.07, 6.45) is 1.45. The molecule has 1 aromatic carbocycles. The van der Waals surface area contributed by atoms with Crippen molar-refractivity contribution in [2.24, 2.45) is 0 Å². The molecule has 5 nitrogen and oxygen atoms in total. The molecule has 114 valence electrons. The summed E-state index contributed by atoms with van der Waals surface area (Å²) in [5.41, 5.74) is 0.654. The van der Waals surface area contributed by atoms with Crippen LogP contribution in [-0.4, -0.2) is 55.9 Å². The van der Waals surface area contributed by atoms with E-state index in [2.05, 4.69) is 5.32 Å². The molecule has 1 spiro atoms. The summed E-state index contributed by atoms with van der Waals surface area (Å²) in [7, 11) is -3.23. The lowest BCUT2D eigenvalue weighted by Crippen LogP contribution is -2.53. The highest BCUT2D eigenvalue weighted by molar-refractivity contribution is 7.90. The summed E-state index contributed by atoms with van der Waals surface area (Å²) in [5, 5.41) is 2.96. The number of sulfonamides is 1. The van der Waals surface area contributed by atoms with Crippen LogP contribution in [0.2, 0.25) is 0 Å². The third kappa shape index (κ3) is 2.12. The van der Waals surface area contributed by atoms with Gasteiger partial charge in [0.25, 0.3) is 0 Å². The first kappa shape index (κ1) is 13.7. The predicted octanol–water partition coefficient (Wildman–Crippen LogP) is 0.374. The minimum atomic E-state index is -3.23. The maximum Gasteiger partial charge on any atom is 0.220 e. The van der Waals surface area contributed by atoms with E-state index < -0.39 is 15.6 Å². The lowest BCUT2D eigenvalue weighted by molar-refractivity contribution is -0.0629. The summed E-state index contributed by atoms with van der Waals surface area (Å²) in [6, 6.07) is 10.0. The molecule has 3 atom stereocenters. The van der Waals surface area contributed by atoms with E-state index in [0.717, 1.165) is 13.0 Å². The fraction of sp³-hybridized carbons (Fsp3) is 0.600. The van der Waals surface area contributed by atoms with Gasteiger partial charge in [-0.1, -0.05) is 30.3 Å². The largest absolute Gasteiger partial charge is 0.366 e. The normalized spacial score (nSPS) is 37.5. The number of benzene rings is 1. The Labute approximate surface area is 125 Å². The number of rotatable bonds is 3. The van der Waals surface area contributed by atoms with Gasteiger partial charge in [-0.3, -0.25) is 0 Å². The van der Waals surface area contributed by atoms with Gasteiger partial charge in [0.2, 0.25) is 10.0 Å². The molecule has 3 fully saturated rings. The summed E-state index contributed by atoms with van der Waals surface area (Å²) in [6.45, 7) is 2.46. The fourth-order valence-corrected chi connectivity index (χ4v) is 6.21. The van der Waals surface area contributed by atoms with Crippen LogP contribution in [0.3, 0.4) is 0 Å². The highest BCUT2D eigenvalue weighted by atomic mass is 32.2. The monoisotopic (exact) mass is 308 g/mol. The van der Waals surface area contributed by atoms with Gasteiger partial charge in [0.15, 0.2) is 0 Å².